The first-order valence-corrected chi connectivity index (χ1v) is 13.1. The summed E-state index contributed by atoms with van der Waals surface area (Å²) >= 11 is 0. The number of hydrogen-bond donors (Lipinski definition) is 1. The molecule has 1 aromatic heterocycles. The molecule has 0 saturated carbocycles. The Morgan fingerprint density at radius 3 is 2.50 bits per heavy atom. The van der Waals surface area contributed by atoms with E-state index in [0.29, 0.717) is 30.7 Å². The molecule has 2 atom stereocenters. The molecule has 0 spiro atoms. The first-order chi connectivity index (χ1) is 17.7. The fourth-order valence-corrected chi connectivity index (χ4v) is 5.49. The number of piperazine rings is 1. The summed E-state index contributed by atoms with van der Waals surface area (Å²) < 4.78 is 5.66. The SMILES string of the molecule is CN(Cc1cc(CC2CNCCC2CC(=O)N2CCN(c3ccccc3)CC2)no1)c1ccccc1. The summed E-state index contributed by atoms with van der Waals surface area (Å²) in [5, 5.41) is 7.89. The fraction of sp³-hybridized carbons (Fsp3) is 0.448. The molecule has 1 N–H and O–H groups in total. The largest absolute Gasteiger partial charge is 0.368 e. The Balaban J connectivity index is 1.13. The van der Waals surface area contributed by atoms with Crippen LogP contribution in [0.2, 0.25) is 0 Å². The van der Waals surface area contributed by atoms with Gasteiger partial charge in [-0.15, -0.1) is 0 Å². The molecule has 3 aromatic rings. The molecular formula is C29H37N5O2. The molecule has 0 aliphatic carbocycles. The van der Waals surface area contributed by atoms with E-state index in [0.717, 1.165) is 69.3 Å². The minimum absolute atomic E-state index is 0.296. The molecule has 190 valence electrons. The van der Waals surface area contributed by atoms with Crippen LogP contribution in [0.25, 0.3) is 0 Å². The Morgan fingerprint density at radius 2 is 1.75 bits per heavy atom. The van der Waals surface area contributed by atoms with Gasteiger partial charge in [0.1, 0.15) is 0 Å². The molecule has 7 heteroatoms. The number of nitrogens with one attached hydrogen (secondary N) is 1. The summed E-state index contributed by atoms with van der Waals surface area (Å²) in [4.78, 5) is 19.8. The summed E-state index contributed by atoms with van der Waals surface area (Å²) in [5.74, 6) is 1.92. The number of hydrogen-bond acceptors (Lipinski definition) is 6. The molecule has 0 bridgehead atoms. The second kappa shape index (κ2) is 11.6. The summed E-state index contributed by atoms with van der Waals surface area (Å²) in [6.45, 7) is 5.95. The molecule has 7 nitrogen and oxygen atoms in total. The van der Waals surface area contributed by atoms with Crippen molar-refractivity contribution in [2.45, 2.75) is 25.8 Å². The molecule has 5 rings (SSSR count). The highest BCUT2D eigenvalue weighted by Gasteiger charge is 2.30. The van der Waals surface area contributed by atoms with Gasteiger partial charge in [0.2, 0.25) is 5.91 Å². The first kappa shape index (κ1) is 24.4. The van der Waals surface area contributed by atoms with Crippen molar-refractivity contribution in [1.29, 1.82) is 0 Å². The topological polar surface area (TPSA) is 64.9 Å². The highest BCUT2D eigenvalue weighted by Crippen LogP contribution is 2.28. The fourth-order valence-electron chi connectivity index (χ4n) is 5.49. The Labute approximate surface area is 214 Å². The molecule has 2 aliphatic rings. The van der Waals surface area contributed by atoms with Gasteiger partial charge in [-0.3, -0.25) is 4.79 Å². The lowest BCUT2D eigenvalue weighted by Gasteiger charge is -2.38. The van der Waals surface area contributed by atoms with Crippen LogP contribution in [-0.4, -0.2) is 62.3 Å². The van der Waals surface area contributed by atoms with Crippen molar-refractivity contribution in [2.75, 3.05) is 56.1 Å². The summed E-state index contributed by atoms with van der Waals surface area (Å²) in [7, 11) is 2.06. The number of benzene rings is 2. The summed E-state index contributed by atoms with van der Waals surface area (Å²) in [6, 6.07) is 22.8. The van der Waals surface area contributed by atoms with Gasteiger partial charge in [-0.1, -0.05) is 41.6 Å². The number of carbonyl (C=O) groups excluding carboxylic acids is 1. The van der Waals surface area contributed by atoms with Crippen molar-refractivity contribution in [3.05, 3.63) is 78.2 Å². The number of aromatic nitrogens is 1. The zero-order valence-corrected chi connectivity index (χ0v) is 21.2. The molecule has 2 aliphatic heterocycles. The van der Waals surface area contributed by atoms with Crippen LogP contribution in [0.1, 0.15) is 24.3 Å². The molecule has 36 heavy (non-hydrogen) atoms. The van der Waals surface area contributed by atoms with E-state index in [1.54, 1.807) is 0 Å². The highest BCUT2D eigenvalue weighted by atomic mass is 16.5. The maximum absolute atomic E-state index is 13.2. The van der Waals surface area contributed by atoms with Gasteiger partial charge in [-0.2, -0.15) is 0 Å². The number of carbonyl (C=O) groups is 1. The van der Waals surface area contributed by atoms with E-state index >= 15 is 0 Å². The van der Waals surface area contributed by atoms with E-state index in [9.17, 15) is 4.79 Å². The molecule has 1 amide bonds. The van der Waals surface area contributed by atoms with Crippen LogP contribution < -0.4 is 15.1 Å². The third kappa shape index (κ3) is 6.08. The number of amides is 1. The zero-order valence-electron chi connectivity index (χ0n) is 21.2. The molecule has 2 fully saturated rings. The minimum Gasteiger partial charge on any atom is -0.368 e. The second-order valence-corrected chi connectivity index (χ2v) is 10.1. The Hall–Kier alpha value is -3.32. The number of anilines is 2. The lowest BCUT2D eigenvalue weighted by molar-refractivity contribution is -0.133. The van der Waals surface area contributed by atoms with Crippen molar-refractivity contribution < 1.29 is 9.32 Å². The van der Waals surface area contributed by atoms with Gasteiger partial charge in [0.15, 0.2) is 5.76 Å². The molecule has 2 aromatic carbocycles. The van der Waals surface area contributed by atoms with Crippen LogP contribution in [0.3, 0.4) is 0 Å². The van der Waals surface area contributed by atoms with Crippen molar-refractivity contribution in [2.24, 2.45) is 11.8 Å². The first-order valence-electron chi connectivity index (χ1n) is 13.1. The summed E-state index contributed by atoms with van der Waals surface area (Å²) in [5.41, 5.74) is 3.37. The van der Waals surface area contributed by atoms with Crippen LogP contribution >= 0.6 is 0 Å². The average molecular weight is 488 g/mol. The molecular weight excluding hydrogens is 450 g/mol. The molecule has 2 saturated heterocycles. The van der Waals surface area contributed by atoms with Crippen molar-refractivity contribution in [1.82, 2.24) is 15.4 Å². The number of nitrogens with zero attached hydrogens (tertiary/aromatic N) is 4. The lowest BCUT2D eigenvalue weighted by Crippen LogP contribution is -2.50. The van der Waals surface area contributed by atoms with Gasteiger partial charge in [0.05, 0.1) is 12.2 Å². The third-order valence-corrected chi connectivity index (χ3v) is 7.62. The van der Waals surface area contributed by atoms with E-state index < -0.39 is 0 Å². The van der Waals surface area contributed by atoms with Gasteiger partial charge in [0, 0.05) is 57.1 Å². The zero-order chi connectivity index (χ0) is 24.7. The van der Waals surface area contributed by atoms with Gasteiger partial charge in [0.25, 0.3) is 0 Å². The van der Waals surface area contributed by atoms with Gasteiger partial charge in [-0.05, 0) is 62.0 Å². The third-order valence-electron chi connectivity index (χ3n) is 7.62. The van der Waals surface area contributed by atoms with E-state index in [-0.39, 0.29) is 0 Å². The van der Waals surface area contributed by atoms with E-state index in [1.165, 1.54) is 5.69 Å². The molecule has 2 unspecified atom stereocenters. The van der Waals surface area contributed by atoms with Crippen LogP contribution in [0.15, 0.2) is 71.3 Å². The van der Waals surface area contributed by atoms with E-state index in [2.05, 4.69) is 74.7 Å². The number of piperidine rings is 1. The lowest BCUT2D eigenvalue weighted by atomic mass is 9.81. The minimum atomic E-state index is 0.296. The maximum atomic E-state index is 13.2. The Bertz CT molecular complexity index is 1100. The molecule has 3 heterocycles. The maximum Gasteiger partial charge on any atom is 0.222 e. The number of rotatable bonds is 8. The summed E-state index contributed by atoms with van der Waals surface area (Å²) in [6.07, 6.45) is 2.49. The highest BCUT2D eigenvalue weighted by molar-refractivity contribution is 5.77. The Kier molecular flexibility index (Phi) is 7.86. The van der Waals surface area contributed by atoms with Crippen molar-refractivity contribution >= 4 is 17.3 Å². The van der Waals surface area contributed by atoms with Crippen LogP contribution in [0.5, 0.6) is 0 Å². The normalized spacial score (nSPS) is 20.4. The monoisotopic (exact) mass is 487 g/mol. The molecule has 0 radical (unpaired) electrons. The standard InChI is InChI=1S/C29H37N5O2/c1-32(26-8-4-2-5-9-26)22-28-20-25(31-36-28)18-24-21-30-13-12-23(24)19-29(35)34-16-14-33(15-17-34)27-10-6-3-7-11-27/h2-11,20,23-24,30H,12-19,21-22H2,1H3. The van der Waals surface area contributed by atoms with Crippen molar-refractivity contribution in [3.63, 3.8) is 0 Å². The number of para-hydroxylation sites is 2. The van der Waals surface area contributed by atoms with Gasteiger partial charge < -0.3 is 24.5 Å². The van der Waals surface area contributed by atoms with Crippen LogP contribution in [-0.2, 0) is 17.8 Å². The van der Waals surface area contributed by atoms with E-state index in [1.807, 2.05) is 24.3 Å². The second-order valence-electron chi connectivity index (χ2n) is 10.1. The van der Waals surface area contributed by atoms with E-state index in [4.69, 9.17) is 4.52 Å². The van der Waals surface area contributed by atoms with Crippen LogP contribution in [0, 0.1) is 11.8 Å². The Morgan fingerprint density at radius 1 is 1.03 bits per heavy atom. The smallest absolute Gasteiger partial charge is 0.222 e. The average Bonchev–Trinajstić information content (AvgIpc) is 3.37. The van der Waals surface area contributed by atoms with Crippen LogP contribution in [0.4, 0.5) is 11.4 Å². The quantitative estimate of drug-likeness (QED) is 0.521. The van der Waals surface area contributed by atoms with Gasteiger partial charge in [-0.25, -0.2) is 0 Å². The predicted octanol–water partition coefficient (Wildman–Crippen LogP) is 3.82. The predicted molar refractivity (Wildman–Crippen MR) is 143 cm³/mol. The van der Waals surface area contributed by atoms with Gasteiger partial charge >= 0.3 is 0 Å². The van der Waals surface area contributed by atoms with Crippen molar-refractivity contribution in [3.8, 4) is 0 Å².